The molecule has 0 radical (unpaired) electrons. The van der Waals surface area contributed by atoms with Gasteiger partial charge in [-0.2, -0.15) is 0 Å². The molecule has 1 atom stereocenters. The predicted octanol–water partition coefficient (Wildman–Crippen LogP) is 0.998. The van der Waals surface area contributed by atoms with Gasteiger partial charge in [-0.1, -0.05) is 12.1 Å². The number of aliphatic carboxylic acids is 1. The number of carboxylic acid groups (broad SMARTS) is 1. The molecule has 0 bridgehead atoms. The van der Waals surface area contributed by atoms with Crippen molar-refractivity contribution in [3.05, 3.63) is 46.8 Å². The molecule has 1 heterocycles. The summed E-state index contributed by atoms with van der Waals surface area (Å²) in [5, 5.41) is 12.2. The summed E-state index contributed by atoms with van der Waals surface area (Å²) in [6.45, 7) is 1.67. The number of carboxylic acids is 1. The van der Waals surface area contributed by atoms with Crippen molar-refractivity contribution >= 4 is 22.8 Å². The van der Waals surface area contributed by atoms with E-state index in [2.05, 4.69) is 5.32 Å². The first-order valence-corrected chi connectivity index (χ1v) is 7.44. The number of rotatable bonds is 7. The lowest BCUT2D eigenvalue weighted by atomic mass is 9.99. The monoisotopic (exact) mass is 332 g/mol. The fourth-order valence-corrected chi connectivity index (χ4v) is 2.71. The third-order valence-corrected chi connectivity index (χ3v) is 3.64. The molecule has 7 nitrogen and oxygen atoms in total. The Morgan fingerprint density at radius 1 is 1.29 bits per heavy atom. The molecule has 0 aliphatic carbocycles. The number of ether oxygens (including phenoxy) is 1. The molecule has 7 heteroatoms. The van der Waals surface area contributed by atoms with Crippen LogP contribution in [-0.4, -0.2) is 40.8 Å². The van der Waals surface area contributed by atoms with Crippen molar-refractivity contribution in [2.75, 3.05) is 13.7 Å². The molecule has 0 aliphatic heterocycles. The van der Waals surface area contributed by atoms with Crippen molar-refractivity contribution in [2.45, 2.75) is 25.4 Å². The largest absolute Gasteiger partial charge is 0.481 e. The molecule has 0 saturated heterocycles. The number of carbonyl (C=O) groups excluding carboxylic acids is 1. The molecule has 128 valence electrons. The van der Waals surface area contributed by atoms with Crippen LogP contribution in [0, 0.1) is 0 Å². The van der Waals surface area contributed by atoms with E-state index >= 15 is 0 Å². The summed E-state index contributed by atoms with van der Waals surface area (Å²) in [6, 6.07) is 8.41. The van der Waals surface area contributed by atoms with Gasteiger partial charge in [-0.25, -0.2) is 0 Å². The van der Waals surface area contributed by atoms with Crippen molar-refractivity contribution in [1.29, 1.82) is 0 Å². The number of pyridine rings is 1. The van der Waals surface area contributed by atoms with Crippen LogP contribution >= 0.6 is 0 Å². The van der Waals surface area contributed by atoms with Crippen LogP contribution in [-0.2, 0) is 20.9 Å². The minimum Gasteiger partial charge on any atom is -0.481 e. The topological polar surface area (TPSA) is 97.6 Å². The smallest absolute Gasteiger partial charge is 0.305 e. The number of methoxy groups -OCH3 is 1. The predicted molar refractivity (Wildman–Crippen MR) is 88.9 cm³/mol. The molecule has 0 spiro atoms. The molecule has 2 N–H and O–H groups in total. The van der Waals surface area contributed by atoms with E-state index in [1.165, 1.54) is 13.2 Å². The fourth-order valence-electron chi connectivity index (χ4n) is 2.71. The van der Waals surface area contributed by atoms with Crippen molar-refractivity contribution in [3.8, 4) is 0 Å². The first kappa shape index (κ1) is 17.7. The molecule has 1 aromatic heterocycles. The maximum absolute atomic E-state index is 12.4. The van der Waals surface area contributed by atoms with Crippen LogP contribution in [0.15, 0.2) is 41.3 Å². The van der Waals surface area contributed by atoms with Crippen molar-refractivity contribution in [3.63, 3.8) is 0 Å². The number of fused-ring (bicyclic) bond motifs is 1. The molecule has 24 heavy (non-hydrogen) atoms. The van der Waals surface area contributed by atoms with E-state index < -0.39 is 11.5 Å². The summed E-state index contributed by atoms with van der Waals surface area (Å²) in [6.07, 6.45) is 1.30. The van der Waals surface area contributed by atoms with Crippen LogP contribution in [0.4, 0.5) is 0 Å². The SMILES string of the molecule is COCC(C)(CC(=O)O)NC(=O)Cn1ccc(=O)c2ccccc21. The fraction of sp³-hybridized carbons (Fsp3) is 0.353. The van der Waals surface area contributed by atoms with Crippen LogP contribution in [0.1, 0.15) is 13.3 Å². The van der Waals surface area contributed by atoms with E-state index in [-0.39, 0.29) is 30.9 Å². The van der Waals surface area contributed by atoms with Gasteiger partial charge in [0.25, 0.3) is 0 Å². The van der Waals surface area contributed by atoms with E-state index in [0.29, 0.717) is 10.9 Å². The molecule has 0 fully saturated rings. The number of nitrogens with one attached hydrogen (secondary N) is 1. The maximum Gasteiger partial charge on any atom is 0.305 e. The lowest BCUT2D eigenvalue weighted by Gasteiger charge is -2.28. The summed E-state index contributed by atoms with van der Waals surface area (Å²) < 4.78 is 6.67. The van der Waals surface area contributed by atoms with E-state index in [1.54, 1.807) is 42.0 Å². The Morgan fingerprint density at radius 2 is 2.00 bits per heavy atom. The van der Waals surface area contributed by atoms with Crippen LogP contribution in [0.3, 0.4) is 0 Å². The van der Waals surface area contributed by atoms with Gasteiger partial charge in [0.05, 0.1) is 24.1 Å². The Labute approximate surface area is 138 Å². The number of hydrogen-bond acceptors (Lipinski definition) is 4. The minimum atomic E-state index is -1.02. The maximum atomic E-state index is 12.4. The van der Waals surface area contributed by atoms with Gasteiger partial charge in [0.1, 0.15) is 6.54 Å². The Morgan fingerprint density at radius 3 is 2.67 bits per heavy atom. The second-order valence-electron chi connectivity index (χ2n) is 5.94. The van der Waals surface area contributed by atoms with Crippen LogP contribution in [0.5, 0.6) is 0 Å². The summed E-state index contributed by atoms with van der Waals surface area (Å²) >= 11 is 0. The van der Waals surface area contributed by atoms with Gasteiger partial charge in [0, 0.05) is 24.8 Å². The summed E-state index contributed by atoms with van der Waals surface area (Å²) in [4.78, 5) is 35.2. The average Bonchev–Trinajstić information content (AvgIpc) is 2.49. The van der Waals surface area contributed by atoms with Gasteiger partial charge in [-0.05, 0) is 19.1 Å². The number of nitrogens with zero attached hydrogens (tertiary/aromatic N) is 1. The first-order valence-electron chi connectivity index (χ1n) is 7.44. The van der Waals surface area contributed by atoms with Gasteiger partial charge >= 0.3 is 5.97 Å². The highest BCUT2D eigenvalue weighted by Crippen LogP contribution is 2.12. The van der Waals surface area contributed by atoms with Crippen molar-refractivity contribution in [2.24, 2.45) is 0 Å². The normalized spacial score (nSPS) is 13.4. The highest BCUT2D eigenvalue weighted by atomic mass is 16.5. The van der Waals surface area contributed by atoms with Crippen LogP contribution in [0.2, 0.25) is 0 Å². The number of hydrogen-bond donors (Lipinski definition) is 2. The third kappa shape index (κ3) is 4.20. The second kappa shape index (κ2) is 7.27. The van der Waals surface area contributed by atoms with Gasteiger partial charge < -0.3 is 19.7 Å². The summed E-state index contributed by atoms with van der Waals surface area (Å²) in [5.41, 5.74) is -0.476. The van der Waals surface area contributed by atoms with E-state index in [1.807, 2.05) is 0 Å². The van der Waals surface area contributed by atoms with E-state index in [0.717, 1.165) is 0 Å². The van der Waals surface area contributed by atoms with E-state index in [4.69, 9.17) is 9.84 Å². The Balaban J connectivity index is 2.22. The number of aromatic nitrogens is 1. The highest BCUT2D eigenvalue weighted by Gasteiger charge is 2.29. The molecule has 0 aliphatic rings. The zero-order valence-electron chi connectivity index (χ0n) is 13.6. The van der Waals surface area contributed by atoms with Gasteiger partial charge in [-0.3, -0.25) is 14.4 Å². The molecule has 1 amide bonds. The molecule has 1 aromatic carbocycles. The second-order valence-corrected chi connectivity index (χ2v) is 5.94. The number of amides is 1. The zero-order valence-corrected chi connectivity index (χ0v) is 13.6. The highest BCUT2D eigenvalue weighted by molar-refractivity contribution is 5.82. The lowest BCUT2D eigenvalue weighted by Crippen LogP contribution is -2.51. The van der Waals surface area contributed by atoms with Gasteiger partial charge in [0.2, 0.25) is 5.91 Å². The quantitative estimate of drug-likeness (QED) is 0.788. The van der Waals surface area contributed by atoms with Crippen molar-refractivity contribution in [1.82, 2.24) is 9.88 Å². The summed E-state index contributed by atoms with van der Waals surface area (Å²) in [7, 11) is 1.45. The van der Waals surface area contributed by atoms with Gasteiger partial charge in [-0.15, -0.1) is 0 Å². The first-order chi connectivity index (χ1) is 11.3. The lowest BCUT2D eigenvalue weighted by molar-refractivity contribution is -0.139. The van der Waals surface area contributed by atoms with Crippen LogP contribution in [0.25, 0.3) is 10.9 Å². The molecule has 1 unspecified atom stereocenters. The third-order valence-electron chi connectivity index (χ3n) is 3.64. The number of benzene rings is 1. The number of carbonyl (C=O) groups is 2. The Kier molecular flexibility index (Phi) is 5.35. The number of para-hydroxylation sites is 1. The minimum absolute atomic E-state index is 0.0281. The van der Waals surface area contributed by atoms with Gasteiger partial charge in [0.15, 0.2) is 5.43 Å². The average molecular weight is 332 g/mol. The standard InChI is InChI=1S/C17H20N2O5/c1-17(11-24-2,9-16(22)23)18-15(21)10-19-8-7-14(20)12-5-3-4-6-13(12)19/h3-8H,9-11H2,1-2H3,(H,18,21)(H,22,23). The zero-order chi connectivity index (χ0) is 17.7. The Hall–Kier alpha value is -2.67. The molecular formula is C17H20N2O5. The molecule has 2 aromatic rings. The van der Waals surface area contributed by atoms with Crippen molar-refractivity contribution < 1.29 is 19.4 Å². The van der Waals surface area contributed by atoms with E-state index in [9.17, 15) is 14.4 Å². The Bertz CT molecular complexity index is 814. The molecule has 2 rings (SSSR count). The molecule has 0 saturated carbocycles. The van der Waals surface area contributed by atoms with Crippen LogP contribution < -0.4 is 10.7 Å². The molecular weight excluding hydrogens is 312 g/mol. The summed E-state index contributed by atoms with van der Waals surface area (Å²) in [5.74, 6) is -1.38.